The first-order chi connectivity index (χ1) is 9.08. The Morgan fingerprint density at radius 3 is 2.84 bits per heavy atom. The lowest BCUT2D eigenvalue weighted by Crippen LogP contribution is -2.24. The van der Waals surface area contributed by atoms with E-state index in [0.29, 0.717) is 30.3 Å². The molecule has 5 nitrogen and oxygen atoms in total. The van der Waals surface area contributed by atoms with Crippen LogP contribution in [0.1, 0.15) is 30.6 Å². The maximum absolute atomic E-state index is 11.9. The van der Waals surface area contributed by atoms with Gasteiger partial charge in [0, 0.05) is 31.1 Å². The Hall–Kier alpha value is -1.75. The molecule has 1 amide bonds. The summed E-state index contributed by atoms with van der Waals surface area (Å²) in [5.41, 5.74) is 7.69. The van der Waals surface area contributed by atoms with Crippen molar-refractivity contribution in [2.24, 2.45) is 5.92 Å². The number of nitrogen functional groups attached to an aromatic ring is 1. The van der Waals surface area contributed by atoms with Crippen LogP contribution >= 0.6 is 0 Å². The number of aliphatic hydroxyl groups is 1. The van der Waals surface area contributed by atoms with Crippen LogP contribution in [0.2, 0.25) is 0 Å². The Morgan fingerprint density at radius 1 is 1.47 bits per heavy atom. The van der Waals surface area contributed by atoms with E-state index in [0.717, 1.165) is 12.1 Å². The second-order valence-corrected chi connectivity index (χ2v) is 4.66. The minimum atomic E-state index is -0.111. The number of carbonyl (C=O) groups is 1. The van der Waals surface area contributed by atoms with Crippen LogP contribution in [0.5, 0.6) is 0 Å². The van der Waals surface area contributed by atoms with Gasteiger partial charge in [-0.1, -0.05) is 6.92 Å². The number of carbonyl (C=O) groups excluding carboxylic acids is 1. The summed E-state index contributed by atoms with van der Waals surface area (Å²) in [5.74, 6) is 0.216. The van der Waals surface area contributed by atoms with Crippen molar-refractivity contribution in [2.75, 3.05) is 30.7 Å². The molecule has 0 saturated carbocycles. The maximum Gasteiger partial charge on any atom is 0.253 e. The molecule has 5 N–H and O–H groups in total. The number of nitrogens with one attached hydrogen (secondary N) is 2. The Kier molecular flexibility index (Phi) is 6.15. The smallest absolute Gasteiger partial charge is 0.253 e. The first kappa shape index (κ1) is 15.3. The van der Waals surface area contributed by atoms with Crippen molar-refractivity contribution in [1.82, 2.24) is 5.32 Å². The number of anilines is 2. The van der Waals surface area contributed by atoms with Gasteiger partial charge in [0.05, 0.1) is 5.56 Å². The standard InChI is InChI=1S/C14H23N3O2/c1-3-16-14(19)12-5-4-11(15)8-13(12)17-9-10(2)6-7-18/h4-5,8,10,17-18H,3,6-7,9,15H2,1-2H3,(H,16,19). The van der Waals surface area contributed by atoms with Crippen molar-refractivity contribution >= 4 is 17.3 Å². The molecule has 1 unspecified atom stereocenters. The fraction of sp³-hybridized carbons (Fsp3) is 0.500. The van der Waals surface area contributed by atoms with Crippen LogP contribution in [-0.2, 0) is 0 Å². The average Bonchev–Trinajstić information content (AvgIpc) is 2.37. The Labute approximate surface area is 114 Å². The summed E-state index contributed by atoms with van der Waals surface area (Å²) in [6.45, 7) is 5.37. The number of hydrogen-bond acceptors (Lipinski definition) is 4. The molecule has 1 aromatic carbocycles. The van der Waals surface area contributed by atoms with Crippen LogP contribution in [-0.4, -0.2) is 30.7 Å². The summed E-state index contributed by atoms with van der Waals surface area (Å²) in [6.07, 6.45) is 0.728. The van der Waals surface area contributed by atoms with Crippen LogP contribution in [0.4, 0.5) is 11.4 Å². The van der Waals surface area contributed by atoms with E-state index < -0.39 is 0 Å². The summed E-state index contributed by atoms with van der Waals surface area (Å²) < 4.78 is 0. The van der Waals surface area contributed by atoms with Crippen LogP contribution in [0.3, 0.4) is 0 Å². The van der Waals surface area contributed by atoms with Gasteiger partial charge >= 0.3 is 0 Å². The van der Waals surface area contributed by atoms with E-state index in [9.17, 15) is 4.79 Å². The lowest BCUT2D eigenvalue weighted by Gasteiger charge is -2.15. The topological polar surface area (TPSA) is 87.4 Å². The molecule has 0 radical (unpaired) electrons. The van der Waals surface area contributed by atoms with Gasteiger partial charge in [-0.25, -0.2) is 0 Å². The summed E-state index contributed by atoms with van der Waals surface area (Å²) >= 11 is 0. The quantitative estimate of drug-likeness (QED) is 0.562. The zero-order valence-electron chi connectivity index (χ0n) is 11.6. The largest absolute Gasteiger partial charge is 0.399 e. The van der Waals surface area contributed by atoms with Gasteiger partial charge in [-0.2, -0.15) is 0 Å². The van der Waals surface area contributed by atoms with E-state index in [1.165, 1.54) is 0 Å². The van der Waals surface area contributed by atoms with Crippen LogP contribution in [0.15, 0.2) is 18.2 Å². The van der Waals surface area contributed by atoms with Crippen molar-refractivity contribution in [3.05, 3.63) is 23.8 Å². The summed E-state index contributed by atoms with van der Waals surface area (Å²) in [5, 5.41) is 14.9. The highest BCUT2D eigenvalue weighted by atomic mass is 16.3. The normalized spacial score (nSPS) is 11.9. The molecule has 0 fully saturated rings. The predicted octanol–water partition coefficient (Wildman–Crippen LogP) is 1.45. The molecule has 0 heterocycles. The molecule has 0 aromatic heterocycles. The van der Waals surface area contributed by atoms with E-state index in [-0.39, 0.29) is 12.5 Å². The number of nitrogens with two attached hydrogens (primary N) is 1. The van der Waals surface area contributed by atoms with Crippen molar-refractivity contribution in [3.63, 3.8) is 0 Å². The van der Waals surface area contributed by atoms with Gasteiger partial charge in [-0.15, -0.1) is 0 Å². The monoisotopic (exact) mass is 265 g/mol. The summed E-state index contributed by atoms with van der Waals surface area (Å²) in [4.78, 5) is 11.9. The zero-order chi connectivity index (χ0) is 14.3. The van der Waals surface area contributed by atoms with Crippen LogP contribution in [0.25, 0.3) is 0 Å². The highest BCUT2D eigenvalue weighted by molar-refractivity contribution is 6.00. The van der Waals surface area contributed by atoms with Gasteiger partial charge in [0.15, 0.2) is 0 Å². The van der Waals surface area contributed by atoms with Gasteiger partial charge in [0.25, 0.3) is 5.91 Å². The van der Waals surface area contributed by atoms with Gasteiger partial charge < -0.3 is 21.5 Å². The molecule has 0 aliphatic carbocycles. The van der Waals surface area contributed by atoms with Crippen LogP contribution in [0, 0.1) is 5.92 Å². The zero-order valence-corrected chi connectivity index (χ0v) is 11.6. The summed E-state index contributed by atoms with van der Waals surface area (Å²) in [7, 11) is 0. The number of benzene rings is 1. The van der Waals surface area contributed by atoms with Crippen molar-refractivity contribution in [2.45, 2.75) is 20.3 Å². The summed E-state index contributed by atoms with van der Waals surface area (Å²) in [6, 6.07) is 5.20. The van der Waals surface area contributed by atoms with E-state index in [1.807, 2.05) is 13.8 Å². The third-order valence-corrected chi connectivity index (χ3v) is 2.89. The Bertz CT molecular complexity index is 421. The van der Waals surface area contributed by atoms with Crippen molar-refractivity contribution in [3.8, 4) is 0 Å². The van der Waals surface area contributed by atoms with E-state index in [4.69, 9.17) is 10.8 Å². The van der Waals surface area contributed by atoms with Gasteiger partial charge in [0.1, 0.15) is 0 Å². The predicted molar refractivity (Wildman–Crippen MR) is 78.2 cm³/mol. The second kappa shape index (κ2) is 7.63. The van der Waals surface area contributed by atoms with Gasteiger partial charge in [0.2, 0.25) is 0 Å². The van der Waals surface area contributed by atoms with E-state index in [2.05, 4.69) is 10.6 Å². The molecule has 106 valence electrons. The fourth-order valence-corrected chi connectivity index (χ4v) is 1.77. The number of amides is 1. The Balaban J connectivity index is 2.79. The minimum Gasteiger partial charge on any atom is -0.399 e. The second-order valence-electron chi connectivity index (χ2n) is 4.66. The molecule has 0 saturated heterocycles. The highest BCUT2D eigenvalue weighted by Crippen LogP contribution is 2.20. The third-order valence-electron chi connectivity index (χ3n) is 2.89. The molecule has 1 rings (SSSR count). The molecule has 1 atom stereocenters. The minimum absolute atomic E-state index is 0.111. The average molecular weight is 265 g/mol. The number of aliphatic hydroxyl groups excluding tert-OH is 1. The first-order valence-electron chi connectivity index (χ1n) is 6.61. The first-order valence-corrected chi connectivity index (χ1v) is 6.61. The van der Waals surface area contributed by atoms with E-state index in [1.54, 1.807) is 18.2 Å². The number of hydrogen-bond donors (Lipinski definition) is 4. The molecule has 1 aromatic rings. The molecule has 0 aliphatic heterocycles. The van der Waals surface area contributed by atoms with Crippen LogP contribution < -0.4 is 16.4 Å². The van der Waals surface area contributed by atoms with Gasteiger partial charge in [-0.3, -0.25) is 4.79 Å². The van der Waals surface area contributed by atoms with Gasteiger partial charge in [-0.05, 0) is 37.5 Å². The SMILES string of the molecule is CCNC(=O)c1ccc(N)cc1NCC(C)CCO. The van der Waals surface area contributed by atoms with Crippen molar-refractivity contribution < 1.29 is 9.90 Å². The molecule has 0 spiro atoms. The lowest BCUT2D eigenvalue weighted by molar-refractivity contribution is 0.0956. The molecular weight excluding hydrogens is 242 g/mol. The number of rotatable bonds is 7. The van der Waals surface area contributed by atoms with E-state index >= 15 is 0 Å². The molecule has 0 aliphatic rings. The molecule has 5 heteroatoms. The maximum atomic E-state index is 11.9. The van der Waals surface area contributed by atoms with Crippen molar-refractivity contribution in [1.29, 1.82) is 0 Å². The molecule has 19 heavy (non-hydrogen) atoms. The molecule has 0 bridgehead atoms. The molecular formula is C14H23N3O2. The highest BCUT2D eigenvalue weighted by Gasteiger charge is 2.11. The third kappa shape index (κ3) is 4.79. The Morgan fingerprint density at radius 2 is 2.21 bits per heavy atom. The lowest BCUT2D eigenvalue weighted by atomic mass is 10.1. The fourth-order valence-electron chi connectivity index (χ4n) is 1.77.